The van der Waals surface area contributed by atoms with Crippen molar-refractivity contribution in [3.63, 3.8) is 0 Å². The Hall–Kier alpha value is -3.15. The molecular formula is C29H29ClN4S. The van der Waals surface area contributed by atoms with Gasteiger partial charge in [-0.05, 0) is 91.6 Å². The lowest BCUT2D eigenvalue weighted by molar-refractivity contribution is 0.565. The molecule has 0 bridgehead atoms. The molecule has 0 spiro atoms. The number of aryl methyl sites for hydroxylation is 1. The number of halogens is 1. The van der Waals surface area contributed by atoms with Crippen molar-refractivity contribution in [2.45, 2.75) is 45.7 Å². The Bertz CT molecular complexity index is 1360. The molecule has 1 N–H and O–H groups in total. The molecule has 4 aromatic rings. The predicted molar refractivity (Wildman–Crippen MR) is 149 cm³/mol. The van der Waals surface area contributed by atoms with Gasteiger partial charge in [-0.15, -0.1) is 0 Å². The molecule has 35 heavy (non-hydrogen) atoms. The van der Waals surface area contributed by atoms with Crippen LogP contribution in [0.4, 0.5) is 5.69 Å². The number of pyridine rings is 1. The van der Waals surface area contributed by atoms with Crippen LogP contribution >= 0.6 is 23.8 Å². The first-order valence-electron chi connectivity index (χ1n) is 11.9. The van der Waals surface area contributed by atoms with Gasteiger partial charge in [0, 0.05) is 34.0 Å². The van der Waals surface area contributed by atoms with Crippen molar-refractivity contribution in [3.8, 4) is 5.69 Å². The number of benzene rings is 2. The zero-order valence-electron chi connectivity index (χ0n) is 20.4. The van der Waals surface area contributed by atoms with Crippen LogP contribution in [0.5, 0.6) is 0 Å². The minimum Gasteiger partial charge on any atom is -0.351 e. The van der Waals surface area contributed by atoms with Crippen molar-refractivity contribution >= 4 is 34.6 Å². The summed E-state index contributed by atoms with van der Waals surface area (Å²) in [4.78, 5) is 6.93. The van der Waals surface area contributed by atoms with Crippen LogP contribution in [-0.2, 0) is 0 Å². The quantitative estimate of drug-likeness (QED) is 0.288. The summed E-state index contributed by atoms with van der Waals surface area (Å²) < 4.78 is 2.26. The minimum atomic E-state index is -0.0817. The molecule has 5 rings (SSSR count). The van der Waals surface area contributed by atoms with E-state index in [4.69, 9.17) is 28.8 Å². The molecule has 0 unspecified atom stereocenters. The highest BCUT2D eigenvalue weighted by molar-refractivity contribution is 7.80. The van der Waals surface area contributed by atoms with Crippen LogP contribution < -0.4 is 10.2 Å². The van der Waals surface area contributed by atoms with Crippen molar-refractivity contribution in [1.82, 2.24) is 14.9 Å². The van der Waals surface area contributed by atoms with Crippen molar-refractivity contribution < 1.29 is 0 Å². The summed E-state index contributed by atoms with van der Waals surface area (Å²) in [5.74, 6) is 0.474. The normalized spacial score (nSPS) is 17.8. The summed E-state index contributed by atoms with van der Waals surface area (Å²) in [5, 5.41) is 5.00. The Kier molecular flexibility index (Phi) is 6.39. The van der Waals surface area contributed by atoms with Gasteiger partial charge in [-0.3, -0.25) is 4.98 Å². The van der Waals surface area contributed by atoms with Gasteiger partial charge in [0.2, 0.25) is 0 Å². The maximum Gasteiger partial charge on any atom is 0.174 e. The fourth-order valence-electron chi connectivity index (χ4n) is 5.07. The topological polar surface area (TPSA) is 33.1 Å². The number of anilines is 1. The average molecular weight is 501 g/mol. The number of nitrogens with zero attached hydrogens (tertiary/aromatic N) is 3. The number of rotatable bonds is 5. The maximum absolute atomic E-state index is 6.34. The molecule has 2 atom stereocenters. The van der Waals surface area contributed by atoms with Gasteiger partial charge in [0.1, 0.15) is 0 Å². The van der Waals surface area contributed by atoms with E-state index in [-0.39, 0.29) is 12.1 Å². The summed E-state index contributed by atoms with van der Waals surface area (Å²) in [7, 11) is 0. The number of aromatic nitrogens is 2. The number of thiocarbonyl (C=S) groups is 1. The lowest BCUT2D eigenvalue weighted by atomic mass is 9.96. The van der Waals surface area contributed by atoms with E-state index in [9.17, 15) is 0 Å². The highest BCUT2D eigenvalue weighted by atomic mass is 35.5. The van der Waals surface area contributed by atoms with Crippen molar-refractivity contribution in [2.75, 3.05) is 4.90 Å². The zero-order chi connectivity index (χ0) is 24.7. The largest absolute Gasteiger partial charge is 0.351 e. The standard InChI is InChI=1S/C29H29ClN4S/c1-18(2)21-11-13-23(14-12-21)34-28(27(32-29(34)35)26-10-5-6-15-31-26)25-16-19(3)33(20(25)4)24-9-7-8-22(30)17-24/h5-18,27-28H,1-4H3,(H,32,35)/t27-,28+/m1/s1. The van der Waals surface area contributed by atoms with Gasteiger partial charge in [0.15, 0.2) is 5.11 Å². The second kappa shape index (κ2) is 9.48. The molecular weight excluding hydrogens is 472 g/mol. The monoisotopic (exact) mass is 500 g/mol. The van der Waals surface area contributed by atoms with Crippen LogP contribution in [-0.4, -0.2) is 14.7 Å². The molecule has 1 aliphatic rings. The van der Waals surface area contributed by atoms with Gasteiger partial charge in [0.05, 0.1) is 17.8 Å². The third kappa shape index (κ3) is 4.35. The molecule has 3 heterocycles. The first kappa shape index (κ1) is 23.6. The molecule has 0 radical (unpaired) electrons. The predicted octanol–water partition coefficient (Wildman–Crippen LogP) is 7.44. The van der Waals surface area contributed by atoms with Gasteiger partial charge in [-0.25, -0.2) is 0 Å². The second-order valence-electron chi connectivity index (χ2n) is 9.38. The number of hydrogen-bond acceptors (Lipinski definition) is 2. The van der Waals surface area contributed by atoms with Crippen molar-refractivity contribution in [3.05, 3.63) is 112 Å². The van der Waals surface area contributed by atoms with E-state index in [0.29, 0.717) is 11.0 Å². The van der Waals surface area contributed by atoms with Crippen LogP contribution in [0.2, 0.25) is 5.02 Å². The van der Waals surface area contributed by atoms with Crippen LogP contribution in [0.25, 0.3) is 5.69 Å². The summed E-state index contributed by atoms with van der Waals surface area (Å²) in [5.41, 5.74) is 7.91. The first-order chi connectivity index (χ1) is 16.8. The maximum atomic E-state index is 6.34. The molecule has 1 saturated heterocycles. The number of nitrogens with one attached hydrogen (secondary N) is 1. The second-order valence-corrected chi connectivity index (χ2v) is 10.2. The zero-order valence-corrected chi connectivity index (χ0v) is 21.9. The summed E-state index contributed by atoms with van der Waals surface area (Å²) in [6, 6.07) is 24.9. The highest BCUT2D eigenvalue weighted by Gasteiger charge is 2.42. The fourth-order valence-corrected chi connectivity index (χ4v) is 5.60. The van der Waals surface area contributed by atoms with E-state index in [0.717, 1.165) is 33.5 Å². The smallest absolute Gasteiger partial charge is 0.174 e. The van der Waals surface area contributed by atoms with Crippen LogP contribution in [0.1, 0.15) is 60.1 Å². The Balaban J connectivity index is 1.66. The lowest BCUT2D eigenvalue weighted by Crippen LogP contribution is -2.29. The average Bonchev–Trinajstić information content (AvgIpc) is 3.34. The third-order valence-electron chi connectivity index (χ3n) is 6.79. The van der Waals surface area contributed by atoms with Gasteiger partial charge >= 0.3 is 0 Å². The van der Waals surface area contributed by atoms with E-state index in [1.807, 2.05) is 36.5 Å². The highest BCUT2D eigenvalue weighted by Crippen LogP contribution is 2.44. The van der Waals surface area contributed by atoms with Gasteiger partial charge < -0.3 is 14.8 Å². The molecule has 4 nitrogen and oxygen atoms in total. The lowest BCUT2D eigenvalue weighted by Gasteiger charge is -2.28. The molecule has 1 fully saturated rings. The Morgan fingerprint density at radius 3 is 2.37 bits per heavy atom. The van der Waals surface area contributed by atoms with Gasteiger partial charge in [-0.1, -0.05) is 49.7 Å². The Labute approximate surface area is 217 Å². The summed E-state index contributed by atoms with van der Waals surface area (Å²) in [6.45, 7) is 8.72. The first-order valence-corrected chi connectivity index (χ1v) is 12.7. The van der Waals surface area contributed by atoms with Crippen LogP contribution in [0, 0.1) is 13.8 Å². The molecule has 2 aromatic heterocycles. The van der Waals surface area contributed by atoms with Crippen molar-refractivity contribution in [1.29, 1.82) is 0 Å². The summed E-state index contributed by atoms with van der Waals surface area (Å²) >= 11 is 12.3. The molecule has 1 aliphatic heterocycles. The van der Waals surface area contributed by atoms with Crippen LogP contribution in [0.3, 0.4) is 0 Å². The SMILES string of the molecule is Cc1cc([C@H]2[C@@H](c3ccccn3)NC(=S)N2c2ccc(C(C)C)cc2)c(C)n1-c1cccc(Cl)c1. The molecule has 2 aromatic carbocycles. The van der Waals surface area contributed by atoms with E-state index in [1.54, 1.807) is 0 Å². The minimum absolute atomic E-state index is 0.0542. The molecule has 0 aliphatic carbocycles. The van der Waals surface area contributed by atoms with Crippen LogP contribution in [0.15, 0.2) is 79.0 Å². The number of hydrogen-bond donors (Lipinski definition) is 1. The van der Waals surface area contributed by atoms with E-state index < -0.39 is 0 Å². The molecule has 178 valence electrons. The van der Waals surface area contributed by atoms with Gasteiger partial charge in [0.25, 0.3) is 0 Å². The molecule has 6 heteroatoms. The van der Waals surface area contributed by atoms with Crippen molar-refractivity contribution in [2.24, 2.45) is 0 Å². The van der Waals surface area contributed by atoms with E-state index in [2.05, 4.69) is 84.9 Å². The molecule has 0 amide bonds. The Morgan fingerprint density at radius 1 is 0.943 bits per heavy atom. The fraction of sp³-hybridized carbons (Fsp3) is 0.241. The Morgan fingerprint density at radius 2 is 1.71 bits per heavy atom. The van der Waals surface area contributed by atoms with Gasteiger partial charge in [-0.2, -0.15) is 0 Å². The van der Waals surface area contributed by atoms with E-state index in [1.165, 1.54) is 11.1 Å². The third-order valence-corrected chi connectivity index (χ3v) is 7.34. The van der Waals surface area contributed by atoms with E-state index >= 15 is 0 Å². The molecule has 0 saturated carbocycles. The summed E-state index contributed by atoms with van der Waals surface area (Å²) in [6.07, 6.45) is 1.84.